The molecule has 1 aliphatic rings. The molecule has 1 fully saturated rings. The summed E-state index contributed by atoms with van der Waals surface area (Å²) in [5.74, 6) is -1.29. The second-order valence-electron chi connectivity index (χ2n) is 8.61. The predicted octanol–water partition coefficient (Wildman–Crippen LogP) is 5.59. The fourth-order valence-corrected chi connectivity index (χ4v) is 4.62. The number of cyclic esters (lactones) is 2. The van der Waals surface area contributed by atoms with Crippen molar-refractivity contribution in [3.8, 4) is 0 Å². The summed E-state index contributed by atoms with van der Waals surface area (Å²) in [7, 11) is 0. The lowest BCUT2D eigenvalue weighted by Crippen LogP contribution is -2.57. The molecular weight excluding hydrogens is 424 g/mol. The van der Waals surface area contributed by atoms with E-state index in [0.29, 0.717) is 22.3 Å². The average Bonchev–Trinajstić information content (AvgIpc) is 2.86. The van der Waals surface area contributed by atoms with Gasteiger partial charge in [0.1, 0.15) is 0 Å². The lowest BCUT2D eigenvalue weighted by Gasteiger charge is -2.44. The number of esters is 2. The van der Waals surface area contributed by atoms with E-state index in [2.05, 4.69) is 0 Å². The molecule has 0 unspecified atom stereocenters. The van der Waals surface area contributed by atoms with Crippen LogP contribution in [0.15, 0.2) is 109 Å². The summed E-state index contributed by atoms with van der Waals surface area (Å²) in [6, 6.07) is 32.9. The summed E-state index contributed by atoms with van der Waals surface area (Å²) in [4.78, 5) is 28.2. The Morgan fingerprint density at radius 2 is 0.824 bits per heavy atom. The van der Waals surface area contributed by atoms with Crippen LogP contribution in [0.1, 0.15) is 33.4 Å². The molecule has 1 saturated heterocycles. The van der Waals surface area contributed by atoms with E-state index in [1.807, 2.05) is 86.6 Å². The molecule has 4 aromatic rings. The Bertz CT molecular complexity index is 1260. The highest BCUT2D eigenvalue weighted by Crippen LogP contribution is 2.47. The molecule has 0 aliphatic carbocycles. The zero-order valence-electron chi connectivity index (χ0n) is 19.0. The first-order valence-electron chi connectivity index (χ1n) is 11.2. The molecule has 0 bridgehead atoms. The van der Waals surface area contributed by atoms with Gasteiger partial charge in [0.15, 0.2) is 0 Å². The van der Waals surface area contributed by atoms with Crippen LogP contribution in [0.3, 0.4) is 0 Å². The standard InChI is InChI=1S/C30H24O4/c1-21-11-9-17-25(19-21)29(23-13-5-3-6-14-23)27(31)34-30(28(32)33-29,24-15-7-4-8-16-24)26-18-10-12-22(2)20-26/h3-20H,1-2H3/t29-,30-/m0/s1. The first kappa shape index (κ1) is 21.7. The molecule has 1 aliphatic heterocycles. The van der Waals surface area contributed by atoms with E-state index in [-0.39, 0.29) is 0 Å². The maximum absolute atomic E-state index is 14.1. The number of hydrogen-bond donors (Lipinski definition) is 0. The Hall–Kier alpha value is -4.18. The lowest BCUT2D eigenvalue weighted by molar-refractivity contribution is -0.220. The van der Waals surface area contributed by atoms with Crippen molar-refractivity contribution in [3.63, 3.8) is 0 Å². The number of hydrogen-bond acceptors (Lipinski definition) is 4. The van der Waals surface area contributed by atoms with E-state index >= 15 is 0 Å². The van der Waals surface area contributed by atoms with E-state index in [9.17, 15) is 9.59 Å². The molecule has 168 valence electrons. The number of carbonyl (C=O) groups is 2. The van der Waals surface area contributed by atoms with Gasteiger partial charge in [0.25, 0.3) is 11.2 Å². The number of aryl methyl sites for hydroxylation is 2. The maximum Gasteiger partial charge on any atom is 0.362 e. The van der Waals surface area contributed by atoms with Gasteiger partial charge in [-0.05, 0) is 13.8 Å². The highest BCUT2D eigenvalue weighted by molar-refractivity contribution is 5.99. The molecule has 4 heteroatoms. The van der Waals surface area contributed by atoms with Crippen molar-refractivity contribution in [2.24, 2.45) is 0 Å². The van der Waals surface area contributed by atoms with E-state index in [0.717, 1.165) is 11.1 Å². The van der Waals surface area contributed by atoms with Crippen molar-refractivity contribution < 1.29 is 19.1 Å². The zero-order valence-corrected chi connectivity index (χ0v) is 19.0. The van der Waals surface area contributed by atoms with Gasteiger partial charge >= 0.3 is 11.9 Å². The average molecular weight is 449 g/mol. The Morgan fingerprint density at radius 1 is 0.471 bits per heavy atom. The molecule has 0 saturated carbocycles. The Kier molecular flexibility index (Phi) is 5.29. The summed E-state index contributed by atoms with van der Waals surface area (Å²) in [6.07, 6.45) is 0. The highest BCUT2D eigenvalue weighted by Gasteiger charge is 2.61. The third-order valence-electron chi connectivity index (χ3n) is 6.28. The normalized spacial score (nSPS) is 22.1. The van der Waals surface area contributed by atoms with Crippen LogP contribution in [0.4, 0.5) is 0 Å². The summed E-state index contributed by atoms with van der Waals surface area (Å²) < 4.78 is 12.5. The van der Waals surface area contributed by atoms with Gasteiger partial charge in [-0.3, -0.25) is 0 Å². The van der Waals surface area contributed by atoms with Crippen molar-refractivity contribution in [2.45, 2.75) is 25.0 Å². The van der Waals surface area contributed by atoms with Crippen molar-refractivity contribution in [1.82, 2.24) is 0 Å². The fourth-order valence-electron chi connectivity index (χ4n) is 4.62. The number of ether oxygens (including phenoxy) is 2. The molecule has 4 nitrogen and oxygen atoms in total. The first-order valence-corrected chi connectivity index (χ1v) is 11.2. The van der Waals surface area contributed by atoms with Gasteiger partial charge in [-0.1, -0.05) is 120 Å². The number of rotatable bonds is 4. The maximum atomic E-state index is 14.1. The Morgan fingerprint density at radius 3 is 1.18 bits per heavy atom. The lowest BCUT2D eigenvalue weighted by atomic mass is 9.80. The Balaban J connectivity index is 1.75. The first-order chi connectivity index (χ1) is 16.5. The van der Waals surface area contributed by atoms with Crippen LogP contribution in [0.25, 0.3) is 0 Å². The molecule has 0 N–H and O–H groups in total. The van der Waals surface area contributed by atoms with Crippen LogP contribution in [0.5, 0.6) is 0 Å². The molecule has 0 aromatic heterocycles. The highest BCUT2D eigenvalue weighted by atomic mass is 16.7. The smallest absolute Gasteiger partial charge is 0.362 e. The molecule has 1 heterocycles. The predicted molar refractivity (Wildman–Crippen MR) is 129 cm³/mol. The summed E-state index contributed by atoms with van der Waals surface area (Å²) >= 11 is 0. The summed E-state index contributed by atoms with van der Waals surface area (Å²) in [6.45, 7) is 3.86. The van der Waals surface area contributed by atoms with Crippen molar-refractivity contribution in [2.75, 3.05) is 0 Å². The SMILES string of the molecule is Cc1cccc([C@]2(c3ccccc3)OC(=O)[C@](c3ccccc3)(c3cccc(C)c3)OC2=O)c1. The van der Waals surface area contributed by atoms with Crippen molar-refractivity contribution >= 4 is 11.9 Å². The quantitative estimate of drug-likeness (QED) is 0.382. The van der Waals surface area contributed by atoms with Crippen LogP contribution >= 0.6 is 0 Å². The van der Waals surface area contributed by atoms with Gasteiger partial charge in [0, 0.05) is 22.3 Å². The second-order valence-corrected chi connectivity index (χ2v) is 8.61. The van der Waals surface area contributed by atoms with Gasteiger partial charge < -0.3 is 9.47 Å². The fraction of sp³-hybridized carbons (Fsp3) is 0.133. The van der Waals surface area contributed by atoms with Crippen molar-refractivity contribution in [1.29, 1.82) is 0 Å². The minimum absolute atomic E-state index is 0.532. The van der Waals surface area contributed by atoms with Gasteiger partial charge in [-0.2, -0.15) is 0 Å². The van der Waals surface area contributed by atoms with Crippen LogP contribution in [-0.2, 0) is 30.3 Å². The number of carbonyl (C=O) groups excluding carboxylic acids is 2. The molecule has 2 atom stereocenters. The van der Waals surface area contributed by atoms with Crippen LogP contribution < -0.4 is 0 Å². The van der Waals surface area contributed by atoms with Crippen LogP contribution in [-0.4, -0.2) is 11.9 Å². The van der Waals surface area contributed by atoms with Crippen LogP contribution in [0, 0.1) is 13.8 Å². The minimum Gasteiger partial charge on any atom is -0.433 e. The van der Waals surface area contributed by atoms with E-state index in [1.54, 1.807) is 36.4 Å². The second kappa shape index (κ2) is 8.31. The van der Waals surface area contributed by atoms with E-state index in [1.165, 1.54) is 0 Å². The van der Waals surface area contributed by atoms with Crippen molar-refractivity contribution in [3.05, 3.63) is 143 Å². The zero-order chi connectivity index (χ0) is 23.8. The molecule has 0 radical (unpaired) electrons. The topological polar surface area (TPSA) is 52.6 Å². The third-order valence-corrected chi connectivity index (χ3v) is 6.28. The van der Waals surface area contributed by atoms with Crippen LogP contribution in [0.2, 0.25) is 0 Å². The van der Waals surface area contributed by atoms with Gasteiger partial charge in [0.2, 0.25) is 0 Å². The largest absolute Gasteiger partial charge is 0.433 e. The minimum atomic E-state index is -1.72. The van der Waals surface area contributed by atoms with Gasteiger partial charge in [-0.15, -0.1) is 0 Å². The molecule has 0 spiro atoms. The molecule has 0 amide bonds. The third kappa shape index (κ3) is 3.30. The van der Waals surface area contributed by atoms with Gasteiger partial charge in [0.05, 0.1) is 0 Å². The summed E-state index contributed by atoms with van der Waals surface area (Å²) in [5, 5.41) is 0. The molecule has 4 aromatic carbocycles. The molecule has 34 heavy (non-hydrogen) atoms. The molecule has 5 rings (SSSR count). The van der Waals surface area contributed by atoms with E-state index in [4.69, 9.17) is 9.47 Å². The molecular formula is C30H24O4. The number of benzene rings is 4. The van der Waals surface area contributed by atoms with E-state index < -0.39 is 23.1 Å². The monoisotopic (exact) mass is 448 g/mol. The van der Waals surface area contributed by atoms with Gasteiger partial charge in [-0.25, -0.2) is 9.59 Å². The summed E-state index contributed by atoms with van der Waals surface area (Å²) in [5.41, 5.74) is 0.602. The Labute approximate surface area is 198 Å².